The van der Waals surface area contributed by atoms with E-state index in [0.29, 0.717) is 6.04 Å². The quantitative estimate of drug-likeness (QED) is 0.779. The van der Waals surface area contributed by atoms with E-state index >= 15 is 0 Å². The number of carbonyl (C=O) groups is 1. The molecule has 1 aliphatic carbocycles. The van der Waals surface area contributed by atoms with Crippen molar-refractivity contribution in [1.82, 2.24) is 10.2 Å². The molecule has 1 atom stereocenters. The Morgan fingerprint density at radius 2 is 2.12 bits per heavy atom. The second-order valence-corrected chi connectivity index (χ2v) is 6.69. The normalized spacial score (nSPS) is 19.0. The molecule has 0 bridgehead atoms. The van der Waals surface area contributed by atoms with Gasteiger partial charge in [0, 0.05) is 31.6 Å². The van der Waals surface area contributed by atoms with E-state index in [2.05, 4.69) is 16.3 Å². The predicted molar refractivity (Wildman–Crippen MR) is 93.8 cm³/mol. The maximum atomic E-state index is 10.9. The molecule has 1 unspecified atom stereocenters. The summed E-state index contributed by atoms with van der Waals surface area (Å²) < 4.78 is 11.2. The van der Waals surface area contributed by atoms with Gasteiger partial charge < -0.3 is 14.8 Å². The van der Waals surface area contributed by atoms with Crippen molar-refractivity contribution in [2.45, 2.75) is 45.1 Å². The molecule has 132 valence electrons. The fourth-order valence-electron chi connectivity index (χ4n) is 4.19. The molecule has 1 aromatic rings. The molecule has 3 rings (SSSR count). The summed E-state index contributed by atoms with van der Waals surface area (Å²) in [6.07, 6.45) is 5.46. The number of ether oxygens (including phenoxy) is 2. The smallest absolute Gasteiger partial charge is 0.216 e. The van der Waals surface area contributed by atoms with Crippen LogP contribution in [0, 0.1) is 0 Å². The minimum Gasteiger partial charge on any atom is -0.493 e. The number of amides is 1. The van der Waals surface area contributed by atoms with Crippen LogP contribution in [0.1, 0.15) is 48.9 Å². The fourth-order valence-corrected chi connectivity index (χ4v) is 4.19. The monoisotopic (exact) mass is 332 g/mol. The summed E-state index contributed by atoms with van der Waals surface area (Å²) >= 11 is 0. The second-order valence-electron chi connectivity index (χ2n) is 6.69. The number of rotatable bonds is 7. The second kappa shape index (κ2) is 7.43. The van der Waals surface area contributed by atoms with E-state index in [1.165, 1.54) is 16.7 Å². The van der Waals surface area contributed by atoms with Gasteiger partial charge >= 0.3 is 0 Å². The van der Waals surface area contributed by atoms with Crippen LogP contribution in [0.15, 0.2) is 6.07 Å². The van der Waals surface area contributed by atoms with Crippen LogP contribution in [0.3, 0.4) is 0 Å². The molecule has 1 amide bonds. The number of unbranched alkanes of at least 4 members (excludes halogenated alkanes) is 1. The number of hydrogen-bond donors (Lipinski definition) is 1. The van der Waals surface area contributed by atoms with Gasteiger partial charge in [0.1, 0.15) is 0 Å². The van der Waals surface area contributed by atoms with Gasteiger partial charge in [0.2, 0.25) is 5.91 Å². The summed E-state index contributed by atoms with van der Waals surface area (Å²) in [6, 6.07) is 2.69. The summed E-state index contributed by atoms with van der Waals surface area (Å²) in [4.78, 5) is 13.5. The van der Waals surface area contributed by atoms with Gasteiger partial charge in [0.15, 0.2) is 11.5 Å². The Morgan fingerprint density at radius 1 is 1.29 bits per heavy atom. The van der Waals surface area contributed by atoms with E-state index in [9.17, 15) is 4.79 Å². The number of benzene rings is 1. The Hall–Kier alpha value is -1.75. The Bertz CT molecular complexity index is 615. The van der Waals surface area contributed by atoms with E-state index in [1.807, 2.05) is 0 Å². The van der Waals surface area contributed by atoms with Crippen LogP contribution in [0.25, 0.3) is 0 Å². The average Bonchev–Trinajstić information content (AvgIpc) is 3.02. The van der Waals surface area contributed by atoms with Crippen molar-refractivity contribution >= 4 is 5.91 Å². The van der Waals surface area contributed by atoms with Crippen LogP contribution in [0.4, 0.5) is 0 Å². The van der Waals surface area contributed by atoms with Gasteiger partial charge in [-0.25, -0.2) is 0 Å². The van der Waals surface area contributed by atoms with Gasteiger partial charge in [-0.1, -0.05) is 0 Å². The Labute approximate surface area is 144 Å². The molecule has 0 fully saturated rings. The van der Waals surface area contributed by atoms with Crippen molar-refractivity contribution < 1.29 is 14.3 Å². The first kappa shape index (κ1) is 17.1. The number of hydrogen-bond acceptors (Lipinski definition) is 4. The highest BCUT2D eigenvalue weighted by Crippen LogP contribution is 2.48. The van der Waals surface area contributed by atoms with Crippen LogP contribution in [0.5, 0.6) is 11.5 Å². The van der Waals surface area contributed by atoms with Gasteiger partial charge in [-0.05, 0) is 55.8 Å². The summed E-state index contributed by atoms with van der Waals surface area (Å²) in [7, 11) is 3.45. The van der Waals surface area contributed by atoms with Crippen molar-refractivity contribution in [1.29, 1.82) is 0 Å². The highest BCUT2D eigenvalue weighted by atomic mass is 16.5. The third kappa shape index (κ3) is 3.22. The fraction of sp³-hybridized carbons (Fsp3) is 0.632. The van der Waals surface area contributed by atoms with Crippen LogP contribution in [-0.2, 0) is 17.6 Å². The lowest BCUT2D eigenvalue weighted by molar-refractivity contribution is -0.118. The van der Waals surface area contributed by atoms with Crippen molar-refractivity contribution in [3.8, 4) is 11.5 Å². The molecule has 0 aromatic heterocycles. The molecule has 0 spiro atoms. The third-order valence-electron chi connectivity index (χ3n) is 5.25. The molecule has 5 heteroatoms. The van der Waals surface area contributed by atoms with E-state index in [0.717, 1.165) is 63.2 Å². The Morgan fingerprint density at radius 3 is 2.83 bits per heavy atom. The predicted octanol–water partition coefficient (Wildman–Crippen LogP) is 2.47. The maximum absolute atomic E-state index is 10.9. The first-order valence-electron chi connectivity index (χ1n) is 8.90. The standard InChI is InChI=1S/C19H28N2O3/c1-13(22)20-9-4-5-10-21-11-8-14-12-17(23-2)19(24-3)15-6-7-16(21)18(14)15/h12,16H,4-11H2,1-3H3,(H,20,22). The number of carbonyl (C=O) groups excluding carboxylic acids is 1. The zero-order valence-electron chi connectivity index (χ0n) is 15.0. The molecule has 0 saturated carbocycles. The SMILES string of the molecule is COc1cc2c3c(c1OC)CCC3N(CCCCNC(C)=O)CC2. The molecule has 5 nitrogen and oxygen atoms in total. The largest absolute Gasteiger partial charge is 0.493 e. The zero-order valence-corrected chi connectivity index (χ0v) is 15.0. The summed E-state index contributed by atoms with van der Waals surface area (Å²) in [5.41, 5.74) is 4.26. The van der Waals surface area contributed by atoms with Crippen LogP contribution >= 0.6 is 0 Å². The Balaban J connectivity index is 1.69. The van der Waals surface area contributed by atoms with Crippen LogP contribution in [0.2, 0.25) is 0 Å². The molecule has 2 aliphatic rings. The molecule has 1 heterocycles. The van der Waals surface area contributed by atoms with Gasteiger partial charge in [0.05, 0.1) is 14.2 Å². The average molecular weight is 332 g/mol. The first-order valence-corrected chi connectivity index (χ1v) is 8.90. The van der Waals surface area contributed by atoms with Crippen molar-refractivity contribution in [3.05, 3.63) is 22.8 Å². The molecular formula is C19H28N2O3. The van der Waals surface area contributed by atoms with Gasteiger partial charge in [-0.15, -0.1) is 0 Å². The van der Waals surface area contributed by atoms with E-state index in [1.54, 1.807) is 21.1 Å². The summed E-state index contributed by atoms with van der Waals surface area (Å²) in [5.74, 6) is 1.85. The van der Waals surface area contributed by atoms with Crippen molar-refractivity contribution in [3.63, 3.8) is 0 Å². The number of methoxy groups -OCH3 is 2. The summed E-state index contributed by atoms with van der Waals surface area (Å²) in [6.45, 7) is 4.55. The molecule has 1 N–H and O–H groups in total. The number of nitrogens with zero attached hydrogens (tertiary/aromatic N) is 1. The summed E-state index contributed by atoms with van der Waals surface area (Å²) in [5, 5.41) is 2.87. The molecule has 24 heavy (non-hydrogen) atoms. The van der Waals surface area contributed by atoms with Gasteiger partial charge in [-0.2, -0.15) is 0 Å². The number of nitrogens with one attached hydrogen (secondary N) is 1. The molecule has 1 aromatic carbocycles. The molecular weight excluding hydrogens is 304 g/mol. The van der Waals surface area contributed by atoms with Gasteiger partial charge in [-0.3, -0.25) is 9.69 Å². The first-order chi connectivity index (χ1) is 11.7. The van der Waals surface area contributed by atoms with Crippen LogP contribution < -0.4 is 14.8 Å². The zero-order chi connectivity index (χ0) is 17.1. The lowest BCUT2D eigenvalue weighted by Crippen LogP contribution is -2.35. The Kier molecular flexibility index (Phi) is 5.29. The highest BCUT2D eigenvalue weighted by Gasteiger charge is 2.36. The van der Waals surface area contributed by atoms with Crippen molar-refractivity contribution in [2.75, 3.05) is 33.9 Å². The van der Waals surface area contributed by atoms with E-state index < -0.39 is 0 Å². The maximum Gasteiger partial charge on any atom is 0.216 e. The molecule has 0 saturated heterocycles. The lowest BCUT2D eigenvalue weighted by atomic mass is 9.92. The molecule has 1 aliphatic heterocycles. The van der Waals surface area contributed by atoms with Crippen molar-refractivity contribution in [2.24, 2.45) is 0 Å². The highest BCUT2D eigenvalue weighted by molar-refractivity contribution is 5.72. The third-order valence-corrected chi connectivity index (χ3v) is 5.25. The van der Waals surface area contributed by atoms with E-state index in [-0.39, 0.29) is 5.91 Å². The minimum absolute atomic E-state index is 0.0587. The van der Waals surface area contributed by atoms with Gasteiger partial charge in [0.25, 0.3) is 0 Å². The van der Waals surface area contributed by atoms with E-state index in [4.69, 9.17) is 9.47 Å². The topological polar surface area (TPSA) is 50.8 Å². The van der Waals surface area contributed by atoms with Crippen LogP contribution in [-0.4, -0.2) is 44.7 Å². The minimum atomic E-state index is 0.0587. The molecule has 0 radical (unpaired) electrons. The lowest BCUT2D eigenvalue weighted by Gasteiger charge is -2.35.